The number of aromatic nitrogens is 2. The van der Waals surface area contributed by atoms with Crippen molar-refractivity contribution in [3.63, 3.8) is 0 Å². The highest BCUT2D eigenvalue weighted by Crippen LogP contribution is 2.34. The smallest absolute Gasteiger partial charge is 0.141 e. The molecule has 0 aliphatic heterocycles. The van der Waals surface area contributed by atoms with E-state index in [0.29, 0.717) is 0 Å². The van der Waals surface area contributed by atoms with Crippen LogP contribution in [0.1, 0.15) is 17.0 Å². The van der Waals surface area contributed by atoms with E-state index >= 15 is 0 Å². The highest BCUT2D eigenvalue weighted by Gasteiger charge is 2.16. The quantitative estimate of drug-likeness (QED) is 0.587. The standard InChI is InChI=1S/C19H19ClN2/c1-5-10-22-14(4)13(3)18-17(11-12(2)21-19(18)22)15-6-8-16(20)9-7-15/h5-9,11H,1,10H2,2-4H3. The molecule has 0 saturated carbocycles. The molecule has 0 spiro atoms. The second-order valence-electron chi connectivity index (χ2n) is 5.63. The first kappa shape index (κ1) is 14.9. The van der Waals surface area contributed by atoms with Gasteiger partial charge in [-0.25, -0.2) is 4.98 Å². The van der Waals surface area contributed by atoms with Crippen LogP contribution in [0.3, 0.4) is 0 Å². The summed E-state index contributed by atoms with van der Waals surface area (Å²) in [7, 11) is 0. The minimum Gasteiger partial charge on any atom is -0.326 e. The number of aryl methyl sites for hydroxylation is 2. The third-order valence-corrected chi connectivity index (χ3v) is 4.43. The van der Waals surface area contributed by atoms with E-state index in [1.807, 2.05) is 25.1 Å². The molecule has 2 aromatic heterocycles. The minimum absolute atomic E-state index is 0.753. The Hall–Kier alpha value is -2.06. The molecule has 3 heteroatoms. The van der Waals surface area contributed by atoms with E-state index in [-0.39, 0.29) is 0 Å². The molecule has 0 atom stereocenters. The summed E-state index contributed by atoms with van der Waals surface area (Å²) in [5.41, 5.74) is 6.93. The molecule has 22 heavy (non-hydrogen) atoms. The third-order valence-electron chi connectivity index (χ3n) is 4.17. The maximum Gasteiger partial charge on any atom is 0.141 e. The van der Waals surface area contributed by atoms with Crippen molar-refractivity contribution in [2.24, 2.45) is 0 Å². The average Bonchev–Trinajstić information content (AvgIpc) is 2.73. The van der Waals surface area contributed by atoms with Crippen molar-refractivity contribution in [1.82, 2.24) is 9.55 Å². The predicted molar refractivity (Wildman–Crippen MR) is 94.6 cm³/mol. The van der Waals surface area contributed by atoms with Gasteiger partial charge in [0.1, 0.15) is 5.65 Å². The van der Waals surface area contributed by atoms with Gasteiger partial charge < -0.3 is 4.57 Å². The lowest BCUT2D eigenvalue weighted by Crippen LogP contribution is -1.99. The first-order chi connectivity index (χ1) is 10.5. The molecule has 0 fully saturated rings. The maximum atomic E-state index is 6.02. The lowest BCUT2D eigenvalue weighted by molar-refractivity contribution is 0.812. The molecule has 0 aliphatic carbocycles. The first-order valence-corrected chi connectivity index (χ1v) is 7.74. The van der Waals surface area contributed by atoms with Gasteiger partial charge in [0.05, 0.1) is 0 Å². The summed E-state index contributed by atoms with van der Waals surface area (Å²) in [6, 6.07) is 10.1. The molecular formula is C19H19ClN2. The third kappa shape index (κ3) is 2.34. The van der Waals surface area contributed by atoms with E-state index in [9.17, 15) is 0 Å². The molecule has 112 valence electrons. The molecule has 0 saturated heterocycles. The van der Waals surface area contributed by atoms with Crippen molar-refractivity contribution in [3.05, 3.63) is 65.0 Å². The highest BCUT2D eigenvalue weighted by atomic mass is 35.5. The first-order valence-electron chi connectivity index (χ1n) is 7.36. The van der Waals surface area contributed by atoms with Crippen LogP contribution >= 0.6 is 11.6 Å². The Morgan fingerprint density at radius 1 is 1.18 bits per heavy atom. The molecular weight excluding hydrogens is 292 g/mol. The molecule has 1 aromatic carbocycles. The van der Waals surface area contributed by atoms with Crippen molar-refractivity contribution >= 4 is 22.6 Å². The van der Waals surface area contributed by atoms with Crippen LogP contribution in [0.4, 0.5) is 0 Å². The number of nitrogens with zero attached hydrogens (tertiary/aromatic N) is 2. The van der Waals surface area contributed by atoms with Gasteiger partial charge in [0.25, 0.3) is 0 Å². The summed E-state index contributed by atoms with van der Waals surface area (Å²) in [5, 5.41) is 1.97. The highest BCUT2D eigenvalue weighted by molar-refractivity contribution is 6.30. The number of hydrogen-bond donors (Lipinski definition) is 0. The Balaban J connectivity index is 2.37. The summed E-state index contributed by atoms with van der Waals surface area (Å²) in [6.45, 7) is 11.0. The minimum atomic E-state index is 0.753. The van der Waals surface area contributed by atoms with Crippen molar-refractivity contribution < 1.29 is 0 Å². The van der Waals surface area contributed by atoms with Crippen LogP contribution in [0.25, 0.3) is 22.2 Å². The van der Waals surface area contributed by atoms with Crippen LogP contribution in [0.15, 0.2) is 43.0 Å². The Morgan fingerprint density at radius 3 is 2.50 bits per heavy atom. The summed E-state index contributed by atoms with van der Waals surface area (Å²) >= 11 is 6.02. The molecule has 0 amide bonds. The van der Waals surface area contributed by atoms with Crippen LogP contribution < -0.4 is 0 Å². The number of benzene rings is 1. The zero-order chi connectivity index (χ0) is 15.9. The van der Waals surface area contributed by atoms with Gasteiger partial charge in [-0.15, -0.1) is 6.58 Å². The Kier molecular flexibility index (Phi) is 3.79. The number of pyridine rings is 1. The number of allylic oxidation sites excluding steroid dienone is 1. The second kappa shape index (κ2) is 5.62. The molecule has 3 rings (SSSR count). The molecule has 0 N–H and O–H groups in total. The van der Waals surface area contributed by atoms with Crippen molar-refractivity contribution in [2.75, 3.05) is 0 Å². The molecule has 0 bridgehead atoms. The topological polar surface area (TPSA) is 17.8 Å². The van der Waals surface area contributed by atoms with E-state index in [0.717, 1.165) is 22.9 Å². The van der Waals surface area contributed by atoms with Crippen molar-refractivity contribution in [1.29, 1.82) is 0 Å². The molecule has 3 aromatic rings. The van der Waals surface area contributed by atoms with Crippen molar-refractivity contribution in [2.45, 2.75) is 27.3 Å². The molecule has 0 unspecified atom stereocenters. The summed E-state index contributed by atoms with van der Waals surface area (Å²) in [6.07, 6.45) is 1.91. The van der Waals surface area contributed by atoms with Gasteiger partial charge in [-0.3, -0.25) is 0 Å². The Labute approximate surface area is 136 Å². The van der Waals surface area contributed by atoms with Gasteiger partial charge in [-0.2, -0.15) is 0 Å². The van der Waals surface area contributed by atoms with Gasteiger partial charge >= 0.3 is 0 Å². The molecule has 2 nitrogen and oxygen atoms in total. The van der Waals surface area contributed by atoms with Crippen LogP contribution in [-0.4, -0.2) is 9.55 Å². The maximum absolute atomic E-state index is 6.02. The largest absolute Gasteiger partial charge is 0.326 e. The SMILES string of the molecule is C=CCn1c(C)c(C)c2c(-c3ccc(Cl)cc3)cc(C)nc21. The fourth-order valence-electron chi connectivity index (χ4n) is 2.97. The zero-order valence-electron chi connectivity index (χ0n) is 13.2. The van der Waals surface area contributed by atoms with Gasteiger partial charge in [0.2, 0.25) is 0 Å². The summed E-state index contributed by atoms with van der Waals surface area (Å²) < 4.78 is 2.23. The van der Waals surface area contributed by atoms with E-state index < -0.39 is 0 Å². The lowest BCUT2D eigenvalue weighted by atomic mass is 10.00. The number of rotatable bonds is 3. The van der Waals surface area contributed by atoms with Gasteiger partial charge in [0, 0.05) is 28.3 Å². The monoisotopic (exact) mass is 310 g/mol. The number of fused-ring (bicyclic) bond motifs is 1. The van der Waals surface area contributed by atoms with E-state index in [1.54, 1.807) is 0 Å². The fraction of sp³-hybridized carbons (Fsp3) is 0.211. The summed E-state index contributed by atoms with van der Waals surface area (Å²) in [5.74, 6) is 0. The summed E-state index contributed by atoms with van der Waals surface area (Å²) in [4.78, 5) is 4.77. The second-order valence-corrected chi connectivity index (χ2v) is 6.06. The van der Waals surface area contributed by atoms with Crippen LogP contribution in [0.5, 0.6) is 0 Å². The number of hydrogen-bond acceptors (Lipinski definition) is 1. The van der Waals surface area contributed by atoms with Crippen LogP contribution in [0, 0.1) is 20.8 Å². The zero-order valence-corrected chi connectivity index (χ0v) is 13.9. The van der Waals surface area contributed by atoms with E-state index in [2.05, 4.69) is 43.2 Å². The number of halogens is 1. The van der Waals surface area contributed by atoms with Crippen LogP contribution in [-0.2, 0) is 6.54 Å². The predicted octanol–water partition coefficient (Wildman–Crippen LogP) is 5.47. The molecule has 0 radical (unpaired) electrons. The Bertz CT molecular complexity index is 858. The van der Waals surface area contributed by atoms with Gasteiger partial charge in [0.15, 0.2) is 0 Å². The van der Waals surface area contributed by atoms with Gasteiger partial charge in [-0.05, 0) is 55.7 Å². The molecule has 0 aliphatic rings. The van der Waals surface area contributed by atoms with Crippen molar-refractivity contribution in [3.8, 4) is 11.1 Å². The molecule has 2 heterocycles. The Morgan fingerprint density at radius 2 is 1.86 bits per heavy atom. The average molecular weight is 311 g/mol. The normalized spacial score (nSPS) is 11.1. The van der Waals surface area contributed by atoms with E-state index in [1.165, 1.54) is 27.8 Å². The fourth-order valence-corrected chi connectivity index (χ4v) is 3.10. The lowest BCUT2D eigenvalue weighted by Gasteiger charge is -2.08. The van der Waals surface area contributed by atoms with E-state index in [4.69, 9.17) is 16.6 Å². The van der Waals surface area contributed by atoms with Crippen LogP contribution in [0.2, 0.25) is 5.02 Å². The van der Waals surface area contributed by atoms with Gasteiger partial charge in [-0.1, -0.05) is 29.8 Å².